The first-order chi connectivity index (χ1) is 20.9. The van der Waals surface area contributed by atoms with E-state index >= 15 is 0 Å². The van der Waals surface area contributed by atoms with Gasteiger partial charge in [0.2, 0.25) is 6.10 Å². The standard InChI is InChI=1S/C34H42O11/c1-9-24(37)44-28-20(4)27(42-21(5)35)25-26(45-32(40)23-13-11-10-12-14-23)19(3)17-34(25,41)30(38)18(2)15-16-33(7,8)31(39)29(28)43-22(6)36/h10-16,18-19,25-29,41H,4,9,17H2,1-3,5-8H3/t18-,19-,25+,26-,27-,28-,29+,34+/m0/s1. The lowest BCUT2D eigenvalue weighted by molar-refractivity contribution is -0.175. The first-order valence-corrected chi connectivity index (χ1v) is 14.9. The second-order valence-electron chi connectivity index (χ2n) is 12.4. The van der Waals surface area contributed by atoms with Crippen LogP contribution in [0.15, 0.2) is 54.6 Å². The molecule has 244 valence electrons. The Morgan fingerprint density at radius 1 is 0.889 bits per heavy atom. The molecule has 0 radical (unpaired) electrons. The zero-order valence-electron chi connectivity index (χ0n) is 26.7. The van der Waals surface area contributed by atoms with Crippen molar-refractivity contribution in [1.82, 2.24) is 0 Å². The second kappa shape index (κ2) is 13.9. The molecule has 8 atom stereocenters. The molecule has 0 amide bonds. The number of allylic oxidation sites excluding steroid dienone is 2. The summed E-state index contributed by atoms with van der Waals surface area (Å²) >= 11 is 0. The quantitative estimate of drug-likeness (QED) is 0.279. The van der Waals surface area contributed by atoms with Crippen molar-refractivity contribution in [2.45, 2.75) is 91.3 Å². The summed E-state index contributed by atoms with van der Waals surface area (Å²) in [5.41, 5.74) is -3.64. The van der Waals surface area contributed by atoms with Crippen molar-refractivity contribution in [3.63, 3.8) is 0 Å². The van der Waals surface area contributed by atoms with E-state index in [4.69, 9.17) is 18.9 Å². The first kappa shape index (κ1) is 35.4. The molecule has 2 aliphatic rings. The van der Waals surface area contributed by atoms with E-state index in [0.717, 1.165) is 13.8 Å². The number of hydrogen-bond acceptors (Lipinski definition) is 11. The Bertz CT molecular complexity index is 1380. The number of rotatable bonds is 6. The smallest absolute Gasteiger partial charge is 0.338 e. The molecule has 1 N–H and O–H groups in total. The number of Topliss-reactive ketones (excluding diaryl/α,β-unsaturated/α-hetero) is 2. The highest BCUT2D eigenvalue weighted by molar-refractivity contribution is 5.95. The van der Waals surface area contributed by atoms with Gasteiger partial charge >= 0.3 is 23.9 Å². The number of ketones is 2. The topological polar surface area (TPSA) is 160 Å². The molecule has 2 aliphatic carbocycles. The van der Waals surface area contributed by atoms with E-state index in [0.29, 0.717) is 0 Å². The Labute approximate surface area is 262 Å². The fourth-order valence-corrected chi connectivity index (χ4v) is 6.04. The summed E-state index contributed by atoms with van der Waals surface area (Å²) in [4.78, 5) is 79.0. The minimum absolute atomic E-state index is 0.135. The van der Waals surface area contributed by atoms with Crippen molar-refractivity contribution in [2.24, 2.45) is 23.2 Å². The van der Waals surface area contributed by atoms with Gasteiger partial charge in [0, 0.05) is 37.2 Å². The highest BCUT2D eigenvalue weighted by atomic mass is 16.6. The molecule has 1 fully saturated rings. The fraction of sp³-hybridized carbons (Fsp3) is 0.529. The molecule has 0 aromatic heterocycles. The van der Waals surface area contributed by atoms with Crippen LogP contribution in [0.5, 0.6) is 0 Å². The number of ether oxygens (including phenoxy) is 4. The lowest BCUT2D eigenvalue weighted by Gasteiger charge is -2.41. The predicted octanol–water partition coefficient (Wildman–Crippen LogP) is 3.71. The van der Waals surface area contributed by atoms with Crippen LogP contribution in [-0.4, -0.2) is 70.6 Å². The number of fused-ring (bicyclic) bond motifs is 1. The van der Waals surface area contributed by atoms with Gasteiger partial charge in [0.25, 0.3) is 0 Å². The van der Waals surface area contributed by atoms with Crippen LogP contribution in [-0.2, 0) is 42.9 Å². The maximum atomic E-state index is 14.1. The van der Waals surface area contributed by atoms with Gasteiger partial charge in [-0.1, -0.05) is 57.7 Å². The molecule has 0 aliphatic heterocycles. The number of benzene rings is 1. The van der Waals surface area contributed by atoms with Crippen molar-refractivity contribution in [1.29, 1.82) is 0 Å². The summed E-state index contributed by atoms with van der Waals surface area (Å²) in [6.45, 7) is 14.0. The maximum Gasteiger partial charge on any atom is 0.338 e. The van der Waals surface area contributed by atoms with Gasteiger partial charge in [-0.05, 0) is 38.3 Å². The lowest BCUT2D eigenvalue weighted by atomic mass is 9.72. The van der Waals surface area contributed by atoms with Crippen molar-refractivity contribution >= 4 is 35.4 Å². The Morgan fingerprint density at radius 3 is 2.02 bits per heavy atom. The molecule has 0 bridgehead atoms. The van der Waals surface area contributed by atoms with E-state index in [9.17, 15) is 33.9 Å². The average molecular weight is 627 g/mol. The minimum atomic E-state index is -2.24. The van der Waals surface area contributed by atoms with E-state index < -0.39 is 88.6 Å². The number of esters is 4. The lowest BCUT2D eigenvalue weighted by Crippen LogP contribution is -2.56. The van der Waals surface area contributed by atoms with E-state index in [2.05, 4.69) is 6.58 Å². The van der Waals surface area contributed by atoms with E-state index in [1.54, 1.807) is 32.0 Å². The van der Waals surface area contributed by atoms with Gasteiger partial charge in [0.15, 0.2) is 17.7 Å². The molecular weight excluding hydrogens is 584 g/mol. The van der Waals surface area contributed by atoms with E-state index in [1.165, 1.54) is 45.1 Å². The molecular formula is C34H42O11. The highest BCUT2D eigenvalue weighted by Crippen LogP contribution is 2.49. The normalized spacial score (nSPS) is 31.6. The third-order valence-electron chi connectivity index (χ3n) is 8.35. The summed E-state index contributed by atoms with van der Waals surface area (Å²) in [6.07, 6.45) is -3.70. The zero-order valence-corrected chi connectivity index (χ0v) is 26.7. The van der Waals surface area contributed by atoms with Crippen LogP contribution in [0.1, 0.15) is 71.7 Å². The molecule has 0 saturated heterocycles. The Balaban J connectivity index is 2.33. The van der Waals surface area contributed by atoms with Crippen molar-refractivity contribution in [3.8, 4) is 0 Å². The monoisotopic (exact) mass is 626 g/mol. The van der Waals surface area contributed by atoms with Gasteiger partial charge < -0.3 is 24.1 Å². The third-order valence-corrected chi connectivity index (χ3v) is 8.35. The van der Waals surface area contributed by atoms with Crippen LogP contribution >= 0.6 is 0 Å². The molecule has 1 aromatic rings. The highest BCUT2D eigenvalue weighted by Gasteiger charge is 2.63. The van der Waals surface area contributed by atoms with Crippen LogP contribution < -0.4 is 0 Å². The summed E-state index contributed by atoms with van der Waals surface area (Å²) in [6, 6.07) is 8.07. The summed E-state index contributed by atoms with van der Waals surface area (Å²) in [7, 11) is 0. The van der Waals surface area contributed by atoms with Crippen LogP contribution in [0.2, 0.25) is 0 Å². The molecule has 45 heavy (non-hydrogen) atoms. The molecule has 1 aromatic carbocycles. The van der Waals surface area contributed by atoms with Crippen LogP contribution in [0.3, 0.4) is 0 Å². The number of carbonyl (C=O) groups excluding carboxylic acids is 6. The molecule has 11 nitrogen and oxygen atoms in total. The Kier molecular flexibility index (Phi) is 10.9. The number of carbonyl (C=O) groups is 6. The van der Waals surface area contributed by atoms with Crippen molar-refractivity contribution in [2.75, 3.05) is 0 Å². The van der Waals surface area contributed by atoms with Crippen molar-refractivity contribution in [3.05, 3.63) is 60.2 Å². The SMILES string of the molecule is C=C1[C@H](OC(C)=O)[C@H]2[C@@H](OC(=O)c3ccccc3)[C@@H](C)C[C@]2(O)C(=O)[C@@H](C)C=CC(C)(C)C(=O)[C@H](OC(C)=O)[C@H]1OC(=O)CC. The molecule has 1 saturated carbocycles. The van der Waals surface area contributed by atoms with Gasteiger partial charge in [0.1, 0.15) is 17.8 Å². The molecule has 11 heteroatoms. The maximum absolute atomic E-state index is 14.1. The van der Waals surface area contributed by atoms with E-state index in [1.807, 2.05) is 0 Å². The Morgan fingerprint density at radius 2 is 1.47 bits per heavy atom. The zero-order chi connectivity index (χ0) is 33.9. The van der Waals surface area contributed by atoms with Crippen molar-refractivity contribution < 1.29 is 52.8 Å². The second-order valence-corrected chi connectivity index (χ2v) is 12.4. The van der Waals surface area contributed by atoms with Gasteiger partial charge in [-0.3, -0.25) is 24.0 Å². The van der Waals surface area contributed by atoms with Crippen LogP contribution in [0.4, 0.5) is 0 Å². The van der Waals surface area contributed by atoms with Gasteiger partial charge in [-0.15, -0.1) is 0 Å². The average Bonchev–Trinajstić information content (AvgIpc) is 3.23. The first-order valence-electron chi connectivity index (χ1n) is 14.9. The third kappa shape index (κ3) is 7.58. The molecule has 3 rings (SSSR count). The van der Waals surface area contributed by atoms with Gasteiger partial charge in [-0.2, -0.15) is 0 Å². The molecule has 0 heterocycles. The summed E-state index contributed by atoms with van der Waals surface area (Å²) in [5, 5.41) is 12.3. The van der Waals surface area contributed by atoms with Gasteiger partial charge in [0.05, 0.1) is 11.5 Å². The largest absolute Gasteiger partial charge is 0.458 e. The fourth-order valence-electron chi connectivity index (χ4n) is 6.04. The summed E-state index contributed by atoms with van der Waals surface area (Å²) in [5.74, 6) is -7.66. The van der Waals surface area contributed by atoms with Crippen LogP contribution in [0, 0.1) is 23.2 Å². The van der Waals surface area contributed by atoms with Crippen LogP contribution in [0.25, 0.3) is 0 Å². The predicted molar refractivity (Wildman–Crippen MR) is 160 cm³/mol. The van der Waals surface area contributed by atoms with Gasteiger partial charge in [-0.25, -0.2) is 4.79 Å². The minimum Gasteiger partial charge on any atom is -0.458 e. The molecule has 0 unspecified atom stereocenters. The number of hydrogen-bond donors (Lipinski definition) is 1. The Hall–Kier alpha value is -4.12. The molecule has 0 spiro atoms. The van der Waals surface area contributed by atoms with E-state index in [-0.39, 0.29) is 24.0 Å². The summed E-state index contributed by atoms with van der Waals surface area (Å²) < 4.78 is 22.8. The number of aliphatic hydroxyl groups is 1.